The molecule has 2 aromatic carbocycles. The number of ether oxygens (including phenoxy) is 1. The third kappa shape index (κ3) is 2.79. The van der Waals surface area contributed by atoms with E-state index < -0.39 is 5.92 Å². The molecule has 0 saturated heterocycles. The molecule has 0 bridgehead atoms. The lowest BCUT2D eigenvalue weighted by Gasteiger charge is -2.27. The third-order valence-corrected chi connectivity index (χ3v) is 4.61. The van der Waals surface area contributed by atoms with Gasteiger partial charge in [-0.3, -0.25) is 4.79 Å². The van der Waals surface area contributed by atoms with E-state index in [4.69, 9.17) is 4.74 Å². The van der Waals surface area contributed by atoms with E-state index in [0.717, 1.165) is 11.1 Å². The second kappa shape index (κ2) is 6.62. The first-order valence-corrected chi connectivity index (χ1v) is 8.77. The summed E-state index contributed by atoms with van der Waals surface area (Å²) in [5, 5.41) is 7.01. The quantitative estimate of drug-likeness (QED) is 0.597. The molecule has 1 amide bonds. The van der Waals surface area contributed by atoms with Crippen molar-refractivity contribution in [2.45, 2.75) is 5.92 Å². The van der Waals surface area contributed by atoms with E-state index in [-0.39, 0.29) is 5.91 Å². The molecule has 0 unspecified atom stereocenters. The van der Waals surface area contributed by atoms with Crippen molar-refractivity contribution in [3.63, 3.8) is 0 Å². The van der Waals surface area contributed by atoms with Gasteiger partial charge >= 0.3 is 0 Å². The molecule has 2 aromatic heterocycles. The van der Waals surface area contributed by atoms with Crippen LogP contribution in [-0.2, 0) is 4.79 Å². The first kappa shape index (κ1) is 16.2. The van der Waals surface area contributed by atoms with Gasteiger partial charge < -0.3 is 10.1 Å². The molecule has 0 atom stereocenters. The van der Waals surface area contributed by atoms with Crippen LogP contribution in [0.1, 0.15) is 17.0 Å². The Kier molecular flexibility index (Phi) is 3.83. The highest BCUT2D eigenvalue weighted by atomic mass is 16.5. The van der Waals surface area contributed by atoms with Crippen LogP contribution >= 0.6 is 0 Å². The molecule has 5 rings (SSSR count). The lowest BCUT2D eigenvalue weighted by molar-refractivity contribution is -0.116. The number of carbonyl (C=O) groups is 1. The van der Waals surface area contributed by atoms with Crippen molar-refractivity contribution in [3.8, 4) is 17.3 Å². The number of benzene rings is 2. The van der Waals surface area contributed by atoms with Crippen LogP contribution in [0.15, 0.2) is 79.5 Å². The SMILES string of the molecule is O=C(Nc1ccc(-n2cncn2)nc1)C1c2ccccc2Oc2ccccc21. The molecule has 0 fully saturated rings. The van der Waals surface area contributed by atoms with Gasteiger partial charge in [0, 0.05) is 11.1 Å². The minimum absolute atomic E-state index is 0.140. The Morgan fingerprint density at radius 1 is 0.964 bits per heavy atom. The van der Waals surface area contributed by atoms with E-state index in [2.05, 4.69) is 20.4 Å². The highest BCUT2D eigenvalue weighted by Gasteiger charge is 2.32. The number of carbonyl (C=O) groups excluding carboxylic acids is 1. The number of nitrogens with one attached hydrogen (secondary N) is 1. The minimum atomic E-state index is -0.462. The number of pyridine rings is 1. The number of para-hydroxylation sites is 2. The average molecular weight is 369 g/mol. The van der Waals surface area contributed by atoms with Gasteiger partial charge in [0.2, 0.25) is 5.91 Å². The number of aromatic nitrogens is 4. The molecule has 1 aliphatic heterocycles. The van der Waals surface area contributed by atoms with Crippen molar-refractivity contribution in [2.24, 2.45) is 0 Å². The number of hydrogen-bond donors (Lipinski definition) is 1. The fraction of sp³-hybridized carbons (Fsp3) is 0.0476. The summed E-state index contributed by atoms with van der Waals surface area (Å²) in [7, 11) is 0. The van der Waals surface area contributed by atoms with Gasteiger partial charge in [0.15, 0.2) is 5.82 Å². The summed E-state index contributed by atoms with van der Waals surface area (Å²) in [6, 6.07) is 18.8. The highest BCUT2D eigenvalue weighted by Crippen LogP contribution is 2.44. The number of fused-ring (bicyclic) bond motifs is 2. The van der Waals surface area contributed by atoms with Gasteiger partial charge in [-0.25, -0.2) is 14.6 Å². The minimum Gasteiger partial charge on any atom is -0.457 e. The van der Waals surface area contributed by atoms with Gasteiger partial charge in [0.1, 0.15) is 24.2 Å². The number of nitrogens with zero attached hydrogens (tertiary/aromatic N) is 4. The van der Waals surface area contributed by atoms with Gasteiger partial charge in [-0.05, 0) is 24.3 Å². The zero-order valence-corrected chi connectivity index (χ0v) is 14.7. The van der Waals surface area contributed by atoms with Crippen LogP contribution in [0.4, 0.5) is 5.69 Å². The van der Waals surface area contributed by atoms with Crippen LogP contribution in [-0.4, -0.2) is 25.7 Å². The highest BCUT2D eigenvalue weighted by molar-refractivity contribution is 5.99. The van der Waals surface area contributed by atoms with Crippen LogP contribution in [0.2, 0.25) is 0 Å². The number of hydrogen-bond acceptors (Lipinski definition) is 5. The molecule has 0 aliphatic carbocycles. The topological polar surface area (TPSA) is 81.9 Å². The van der Waals surface area contributed by atoms with E-state index >= 15 is 0 Å². The van der Waals surface area contributed by atoms with Gasteiger partial charge in [-0.15, -0.1) is 0 Å². The second-order valence-electron chi connectivity index (χ2n) is 6.35. The van der Waals surface area contributed by atoms with Crippen LogP contribution < -0.4 is 10.1 Å². The van der Waals surface area contributed by atoms with E-state index in [1.807, 2.05) is 48.5 Å². The van der Waals surface area contributed by atoms with Gasteiger partial charge in [0.25, 0.3) is 0 Å². The summed E-state index contributed by atoms with van der Waals surface area (Å²) in [5.74, 6) is 1.41. The second-order valence-corrected chi connectivity index (χ2v) is 6.35. The van der Waals surface area contributed by atoms with E-state index in [0.29, 0.717) is 23.0 Å². The standard InChI is InChI=1S/C21H15N5O2/c27-21(25-14-9-10-19(23-11-14)26-13-22-12-24-26)20-15-5-1-3-7-17(15)28-18-8-4-2-6-16(18)20/h1-13,20H,(H,25,27). The molecule has 0 saturated carbocycles. The van der Waals surface area contributed by atoms with Crippen LogP contribution in [0, 0.1) is 0 Å². The monoisotopic (exact) mass is 369 g/mol. The van der Waals surface area contributed by atoms with Gasteiger partial charge in [-0.1, -0.05) is 36.4 Å². The maximum atomic E-state index is 13.2. The third-order valence-electron chi connectivity index (χ3n) is 4.61. The van der Waals surface area contributed by atoms with E-state index in [1.165, 1.54) is 6.33 Å². The Balaban J connectivity index is 1.46. The zero-order chi connectivity index (χ0) is 18.9. The fourth-order valence-corrected chi connectivity index (χ4v) is 3.33. The molecule has 7 heteroatoms. The molecule has 136 valence electrons. The smallest absolute Gasteiger partial charge is 0.236 e. The van der Waals surface area contributed by atoms with Crippen molar-refractivity contribution in [2.75, 3.05) is 5.32 Å². The summed E-state index contributed by atoms with van der Waals surface area (Å²) in [5.41, 5.74) is 2.28. The summed E-state index contributed by atoms with van der Waals surface area (Å²) in [6.45, 7) is 0. The van der Waals surface area contributed by atoms with Crippen molar-refractivity contribution in [3.05, 3.63) is 90.6 Å². The lowest BCUT2D eigenvalue weighted by Crippen LogP contribution is -2.25. The summed E-state index contributed by atoms with van der Waals surface area (Å²) >= 11 is 0. The fourth-order valence-electron chi connectivity index (χ4n) is 3.33. The summed E-state index contributed by atoms with van der Waals surface area (Å²) < 4.78 is 7.51. The predicted molar refractivity (Wildman–Crippen MR) is 103 cm³/mol. The average Bonchev–Trinajstić information content (AvgIpc) is 3.27. The van der Waals surface area contributed by atoms with Crippen molar-refractivity contribution >= 4 is 11.6 Å². The Bertz CT molecular complexity index is 1090. The van der Waals surface area contributed by atoms with Gasteiger partial charge in [0.05, 0.1) is 17.8 Å². The molecular weight excluding hydrogens is 354 g/mol. The number of rotatable bonds is 3. The normalized spacial score (nSPS) is 12.6. The molecule has 4 aromatic rings. The molecule has 7 nitrogen and oxygen atoms in total. The Labute approximate surface area is 160 Å². The van der Waals surface area contributed by atoms with Crippen LogP contribution in [0.3, 0.4) is 0 Å². The molecule has 0 spiro atoms. The molecule has 3 heterocycles. The van der Waals surface area contributed by atoms with Crippen LogP contribution in [0.5, 0.6) is 11.5 Å². The number of anilines is 1. The maximum Gasteiger partial charge on any atom is 0.236 e. The molecule has 1 N–H and O–H groups in total. The first-order valence-electron chi connectivity index (χ1n) is 8.77. The van der Waals surface area contributed by atoms with Crippen molar-refractivity contribution in [1.29, 1.82) is 0 Å². The summed E-state index contributed by atoms with van der Waals surface area (Å²) in [4.78, 5) is 21.4. The summed E-state index contributed by atoms with van der Waals surface area (Å²) in [6.07, 6.45) is 4.61. The van der Waals surface area contributed by atoms with Crippen molar-refractivity contribution < 1.29 is 9.53 Å². The first-order chi connectivity index (χ1) is 13.8. The largest absolute Gasteiger partial charge is 0.457 e. The van der Waals surface area contributed by atoms with Crippen LogP contribution in [0.25, 0.3) is 5.82 Å². The molecule has 28 heavy (non-hydrogen) atoms. The Morgan fingerprint density at radius 3 is 2.29 bits per heavy atom. The number of amides is 1. The molecule has 0 radical (unpaired) electrons. The maximum absolute atomic E-state index is 13.2. The van der Waals surface area contributed by atoms with E-state index in [9.17, 15) is 4.79 Å². The molecular formula is C21H15N5O2. The molecule has 1 aliphatic rings. The van der Waals surface area contributed by atoms with Crippen molar-refractivity contribution in [1.82, 2.24) is 19.7 Å². The Hall–Kier alpha value is -4.00. The lowest BCUT2D eigenvalue weighted by atomic mass is 9.87. The zero-order valence-electron chi connectivity index (χ0n) is 14.7. The predicted octanol–water partition coefficient (Wildman–Crippen LogP) is 3.54. The van der Waals surface area contributed by atoms with Gasteiger partial charge in [-0.2, -0.15) is 5.10 Å². The Morgan fingerprint density at radius 2 is 1.68 bits per heavy atom. The van der Waals surface area contributed by atoms with E-state index in [1.54, 1.807) is 29.3 Å².